The highest BCUT2D eigenvalue weighted by Crippen LogP contribution is 2.22. The number of H-pyrrole nitrogens is 1. The van der Waals surface area contributed by atoms with Gasteiger partial charge in [0, 0.05) is 28.7 Å². The van der Waals surface area contributed by atoms with E-state index in [-0.39, 0.29) is 5.43 Å². The van der Waals surface area contributed by atoms with Crippen LogP contribution in [-0.2, 0) is 11.3 Å². The van der Waals surface area contributed by atoms with Gasteiger partial charge >= 0.3 is 0 Å². The summed E-state index contributed by atoms with van der Waals surface area (Å²) in [6.07, 6.45) is 0. The Hall–Kier alpha value is -1.13. The highest BCUT2D eigenvalue weighted by Gasteiger charge is 2.07. The first-order valence-corrected chi connectivity index (χ1v) is 5.72. The molecule has 4 heteroatoms. The quantitative estimate of drug-likeness (QED) is 0.920. The van der Waals surface area contributed by atoms with Crippen LogP contribution in [0.4, 0.5) is 0 Å². The van der Waals surface area contributed by atoms with Crippen molar-refractivity contribution in [2.45, 2.75) is 13.5 Å². The minimum Gasteiger partial charge on any atom is -0.378 e. The summed E-state index contributed by atoms with van der Waals surface area (Å²) in [5, 5.41) is 0.731. The topological polar surface area (TPSA) is 42.1 Å². The maximum atomic E-state index is 12.0. The van der Waals surface area contributed by atoms with Crippen LogP contribution < -0.4 is 5.43 Å². The summed E-state index contributed by atoms with van der Waals surface area (Å²) < 4.78 is 5.91. The van der Waals surface area contributed by atoms with Crippen LogP contribution in [0, 0.1) is 6.92 Å². The van der Waals surface area contributed by atoms with Crippen LogP contribution in [0.3, 0.4) is 0 Å². The molecule has 84 valence electrons. The molecule has 0 aliphatic heterocycles. The molecule has 1 aromatic heterocycles. The summed E-state index contributed by atoms with van der Waals surface area (Å²) >= 11 is 3.44. The number of methoxy groups -OCH3 is 1. The van der Waals surface area contributed by atoms with Crippen LogP contribution in [0.5, 0.6) is 0 Å². The van der Waals surface area contributed by atoms with Crippen LogP contribution >= 0.6 is 15.9 Å². The van der Waals surface area contributed by atoms with E-state index >= 15 is 0 Å². The molecule has 0 fully saturated rings. The van der Waals surface area contributed by atoms with Gasteiger partial charge in [0.1, 0.15) is 0 Å². The third kappa shape index (κ3) is 1.90. The van der Waals surface area contributed by atoms with E-state index < -0.39 is 0 Å². The second-order valence-corrected chi connectivity index (χ2v) is 4.56. The molecule has 1 aromatic carbocycles. The summed E-state index contributed by atoms with van der Waals surface area (Å²) in [6, 6.07) is 5.45. The summed E-state index contributed by atoms with van der Waals surface area (Å²) in [4.78, 5) is 15.2. The molecular formula is C12H12BrNO2. The molecule has 0 saturated carbocycles. The van der Waals surface area contributed by atoms with Gasteiger partial charge in [-0.05, 0) is 34.5 Å². The fourth-order valence-corrected chi connectivity index (χ4v) is 2.21. The first kappa shape index (κ1) is 11.4. The van der Waals surface area contributed by atoms with Gasteiger partial charge in [-0.15, -0.1) is 0 Å². The summed E-state index contributed by atoms with van der Waals surface area (Å²) in [5.74, 6) is 0. The maximum absolute atomic E-state index is 12.0. The first-order valence-electron chi connectivity index (χ1n) is 4.93. The zero-order valence-corrected chi connectivity index (χ0v) is 10.7. The summed E-state index contributed by atoms with van der Waals surface area (Å²) in [6.45, 7) is 2.34. The number of aromatic amines is 1. The summed E-state index contributed by atoms with van der Waals surface area (Å²) in [7, 11) is 1.60. The smallest absolute Gasteiger partial charge is 0.190 e. The Morgan fingerprint density at radius 1 is 1.44 bits per heavy atom. The zero-order valence-electron chi connectivity index (χ0n) is 9.13. The van der Waals surface area contributed by atoms with Gasteiger partial charge in [-0.3, -0.25) is 4.79 Å². The number of ether oxygens (including phenoxy) is 1. The van der Waals surface area contributed by atoms with E-state index in [1.165, 1.54) is 0 Å². The number of hydrogen-bond acceptors (Lipinski definition) is 2. The standard InChI is InChI=1S/C12H12BrNO2/c1-7-3-4-9(13)12-11(7)10(15)5-8(14-12)6-16-2/h3-5H,6H2,1-2H3,(H,14,15). The third-order valence-corrected chi connectivity index (χ3v) is 3.16. The lowest BCUT2D eigenvalue weighted by Gasteiger charge is -2.07. The van der Waals surface area contributed by atoms with Gasteiger partial charge in [0.15, 0.2) is 5.43 Å². The van der Waals surface area contributed by atoms with Crippen molar-refractivity contribution in [3.63, 3.8) is 0 Å². The Bertz CT molecular complexity index is 589. The molecule has 0 amide bonds. The number of aromatic nitrogens is 1. The molecule has 0 aliphatic carbocycles. The number of nitrogens with one attached hydrogen (secondary N) is 1. The molecule has 0 unspecified atom stereocenters. The number of rotatable bonds is 2. The minimum atomic E-state index is 0.0274. The Morgan fingerprint density at radius 2 is 2.19 bits per heavy atom. The third-order valence-electron chi connectivity index (χ3n) is 2.50. The predicted molar refractivity (Wildman–Crippen MR) is 67.7 cm³/mol. The van der Waals surface area contributed by atoms with E-state index in [1.54, 1.807) is 13.2 Å². The molecule has 16 heavy (non-hydrogen) atoms. The van der Waals surface area contributed by atoms with Crippen LogP contribution in [-0.4, -0.2) is 12.1 Å². The monoisotopic (exact) mass is 281 g/mol. The lowest BCUT2D eigenvalue weighted by molar-refractivity contribution is 0.181. The average molecular weight is 282 g/mol. The lowest BCUT2D eigenvalue weighted by atomic mass is 10.1. The number of aryl methyl sites for hydroxylation is 1. The second kappa shape index (κ2) is 4.39. The lowest BCUT2D eigenvalue weighted by Crippen LogP contribution is -2.07. The maximum Gasteiger partial charge on any atom is 0.190 e. The van der Waals surface area contributed by atoms with Crippen molar-refractivity contribution in [2.75, 3.05) is 7.11 Å². The van der Waals surface area contributed by atoms with Crippen LogP contribution in [0.2, 0.25) is 0 Å². The van der Waals surface area contributed by atoms with Crippen LogP contribution in [0.1, 0.15) is 11.3 Å². The van der Waals surface area contributed by atoms with E-state index in [0.29, 0.717) is 6.61 Å². The number of pyridine rings is 1. The van der Waals surface area contributed by atoms with Crippen molar-refractivity contribution in [3.8, 4) is 0 Å². The molecule has 2 aromatic rings. The van der Waals surface area contributed by atoms with Gasteiger partial charge in [0.05, 0.1) is 12.1 Å². The van der Waals surface area contributed by atoms with E-state index in [9.17, 15) is 4.79 Å². The molecule has 0 bridgehead atoms. The van der Waals surface area contributed by atoms with Crippen LogP contribution in [0.25, 0.3) is 10.9 Å². The largest absolute Gasteiger partial charge is 0.378 e. The molecule has 0 aliphatic rings. The van der Waals surface area contributed by atoms with E-state index in [2.05, 4.69) is 20.9 Å². The van der Waals surface area contributed by atoms with Crippen molar-refractivity contribution in [3.05, 3.63) is 44.2 Å². The van der Waals surface area contributed by atoms with Crippen molar-refractivity contribution in [1.82, 2.24) is 4.98 Å². The predicted octanol–water partition coefficient (Wildman–Crippen LogP) is 2.75. The molecule has 2 rings (SSSR count). The molecule has 0 spiro atoms. The number of fused-ring (bicyclic) bond motifs is 1. The summed E-state index contributed by atoms with van der Waals surface area (Å²) in [5.41, 5.74) is 2.62. The number of halogens is 1. The van der Waals surface area contributed by atoms with Gasteiger partial charge in [-0.1, -0.05) is 6.07 Å². The number of benzene rings is 1. The SMILES string of the molecule is COCc1cc(=O)c2c(C)ccc(Br)c2[nH]1. The van der Waals surface area contributed by atoms with Gasteiger partial charge in [0.2, 0.25) is 0 Å². The highest BCUT2D eigenvalue weighted by molar-refractivity contribution is 9.10. The van der Waals surface area contributed by atoms with Crippen molar-refractivity contribution < 1.29 is 4.74 Å². The normalized spacial score (nSPS) is 10.9. The molecule has 0 saturated heterocycles. The molecule has 0 atom stereocenters. The fraction of sp³-hybridized carbons (Fsp3) is 0.250. The molecule has 0 radical (unpaired) electrons. The van der Waals surface area contributed by atoms with E-state index in [4.69, 9.17) is 4.74 Å². The van der Waals surface area contributed by atoms with Gasteiger partial charge in [0.25, 0.3) is 0 Å². The Morgan fingerprint density at radius 3 is 2.88 bits per heavy atom. The molecule has 1 heterocycles. The van der Waals surface area contributed by atoms with Gasteiger partial charge in [-0.2, -0.15) is 0 Å². The van der Waals surface area contributed by atoms with Crippen molar-refractivity contribution in [1.29, 1.82) is 0 Å². The Labute approximate surface area is 102 Å². The molecular weight excluding hydrogens is 270 g/mol. The van der Waals surface area contributed by atoms with E-state index in [1.807, 2.05) is 19.1 Å². The van der Waals surface area contributed by atoms with E-state index in [0.717, 1.165) is 26.6 Å². The average Bonchev–Trinajstić information content (AvgIpc) is 2.23. The Balaban J connectivity index is 2.81. The highest BCUT2D eigenvalue weighted by atomic mass is 79.9. The first-order chi connectivity index (χ1) is 7.63. The fourth-order valence-electron chi connectivity index (χ4n) is 1.78. The number of hydrogen-bond donors (Lipinski definition) is 1. The zero-order chi connectivity index (χ0) is 11.7. The van der Waals surface area contributed by atoms with Gasteiger partial charge in [-0.25, -0.2) is 0 Å². The Kier molecular flexibility index (Phi) is 3.12. The minimum absolute atomic E-state index is 0.0274. The van der Waals surface area contributed by atoms with Crippen LogP contribution in [0.15, 0.2) is 27.5 Å². The molecule has 1 N–H and O–H groups in total. The second-order valence-electron chi connectivity index (χ2n) is 3.71. The van der Waals surface area contributed by atoms with Crippen molar-refractivity contribution in [2.24, 2.45) is 0 Å². The van der Waals surface area contributed by atoms with Crippen molar-refractivity contribution >= 4 is 26.8 Å². The van der Waals surface area contributed by atoms with Gasteiger partial charge < -0.3 is 9.72 Å². The molecule has 3 nitrogen and oxygen atoms in total.